The summed E-state index contributed by atoms with van der Waals surface area (Å²) in [6.45, 7) is 5.67. The molecule has 11 nitrogen and oxygen atoms in total. The van der Waals surface area contributed by atoms with Crippen LogP contribution in [0, 0.1) is 0 Å². The van der Waals surface area contributed by atoms with Crippen molar-refractivity contribution in [2.45, 2.75) is 333 Å². The number of rotatable bonds is 53. The van der Waals surface area contributed by atoms with Gasteiger partial charge in [0.1, 0.15) is 24.4 Å². The van der Waals surface area contributed by atoms with Gasteiger partial charge in [-0.15, -0.1) is 0 Å². The van der Waals surface area contributed by atoms with E-state index in [1.165, 1.54) is 161 Å². The van der Waals surface area contributed by atoms with Crippen LogP contribution in [0.1, 0.15) is 284 Å². The summed E-state index contributed by atoms with van der Waals surface area (Å²) < 4.78 is 17.6. The number of aliphatic hydroxyl groups excluding tert-OH is 5. The van der Waals surface area contributed by atoms with Crippen LogP contribution in [0.3, 0.4) is 0 Å². The quantitative estimate of drug-likeness (QED) is 0.0149. The summed E-state index contributed by atoms with van der Waals surface area (Å²) in [7, 11) is 0. The number of hydrogen-bond donors (Lipinski definition) is 6. The highest BCUT2D eigenvalue weighted by Gasteiger charge is 2.47. The van der Waals surface area contributed by atoms with E-state index in [0.717, 1.165) is 77.0 Å². The minimum atomic E-state index is -1.62. The molecule has 0 aromatic rings. The molecule has 0 aromatic heterocycles. The topological polar surface area (TPSA) is 175 Å². The normalized spacial score (nSPS) is 19.5. The first-order valence-corrected chi connectivity index (χ1v) is 31.4. The van der Waals surface area contributed by atoms with Crippen LogP contribution in [-0.2, 0) is 23.8 Å². The zero-order valence-electron chi connectivity index (χ0n) is 48.4. The Morgan fingerprint density at radius 2 is 0.960 bits per heavy atom. The Bertz CT molecular complexity index is 1400. The third-order valence-electron chi connectivity index (χ3n) is 14.8. The Kier molecular flexibility index (Phi) is 49.3. The van der Waals surface area contributed by atoms with Crippen LogP contribution >= 0.6 is 0 Å². The zero-order valence-corrected chi connectivity index (χ0v) is 48.4. The van der Waals surface area contributed by atoms with Crippen molar-refractivity contribution < 1.29 is 49.3 Å². The number of nitrogens with one attached hydrogen (secondary N) is 1. The maximum Gasteiger partial charge on any atom is 0.306 e. The van der Waals surface area contributed by atoms with Crippen LogP contribution < -0.4 is 5.32 Å². The van der Waals surface area contributed by atoms with Crippen molar-refractivity contribution in [3.05, 3.63) is 48.6 Å². The van der Waals surface area contributed by atoms with Gasteiger partial charge >= 0.3 is 5.97 Å². The van der Waals surface area contributed by atoms with Gasteiger partial charge in [0, 0.05) is 6.42 Å². The van der Waals surface area contributed by atoms with E-state index >= 15 is 0 Å². The first-order chi connectivity index (χ1) is 36.7. The van der Waals surface area contributed by atoms with Gasteiger partial charge in [0.15, 0.2) is 12.4 Å². The lowest BCUT2D eigenvalue weighted by molar-refractivity contribution is -0.305. The van der Waals surface area contributed by atoms with Crippen molar-refractivity contribution in [3.8, 4) is 0 Å². The first-order valence-electron chi connectivity index (χ1n) is 31.4. The van der Waals surface area contributed by atoms with Crippen molar-refractivity contribution in [2.75, 3.05) is 13.2 Å². The number of unbranched alkanes of at least 4 members (excludes halogenated alkanes) is 35. The lowest BCUT2D eigenvalue weighted by atomic mass is 9.99. The predicted octanol–water partition coefficient (Wildman–Crippen LogP) is 14.8. The lowest BCUT2D eigenvalue weighted by Gasteiger charge is -2.41. The fourth-order valence-corrected chi connectivity index (χ4v) is 9.83. The number of carbonyl (C=O) groups is 2. The van der Waals surface area contributed by atoms with Gasteiger partial charge < -0.3 is 45.1 Å². The van der Waals surface area contributed by atoms with E-state index in [1.54, 1.807) is 6.08 Å². The van der Waals surface area contributed by atoms with E-state index in [4.69, 9.17) is 14.2 Å². The van der Waals surface area contributed by atoms with Crippen LogP contribution in [0.2, 0.25) is 0 Å². The second-order valence-corrected chi connectivity index (χ2v) is 21.8. The largest absolute Gasteiger partial charge is 0.454 e. The third kappa shape index (κ3) is 40.5. The van der Waals surface area contributed by atoms with Gasteiger partial charge in [-0.25, -0.2) is 0 Å². The van der Waals surface area contributed by atoms with Crippen molar-refractivity contribution in [1.82, 2.24) is 5.32 Å². The van der Waals surface area contributed by atoms with Crippen LogP contribution in [0.25, 0.3) is 0 Å². The Hall–Kier alpha value is -2.38. The molecular formula is C64H117NO10. The molecule has 8 unspecified atom stereocenters. The number of esters is 1. The minimum Gasteiger partial charge on any atom is -0.454 e. The average molecular weight is 1060 g/mol. The zero-order chi connectivity index (χ0) is 54.7. The molecule has 1 aliphatic rings. The van der Waals surface area contributed by atoms with Gasteiger partial charge in [0.05, 0.1) is 25.4 Å². The fourth-order valence-electron chi connectivity index (χ4n) is 9.83. The molecule has 1 aliphatic heterocycles. The van der Waals surface area contributed by atoms with E-state index in [0.29, 0.717) is 19.3 Å². The summed E-state index contributed by atoms with van der Waals surface area (Å²) >= 11 is 0. The molecule has 1 fully saturated rings. The van der Waals surface area contributed by atoms with Crippen LogP contribution in [0.5, 0.6) is 0 Å². The van der Waals surface area contributed by atoms with Gasteiger partial charge in [0.2, 0.25) is 5.91 Å². The van der Waals surface area contributed by atoms with Crippen molar-refractivity contribution in [1.29, 1.82) is 0 Å². The molecule has 0 saturated carbocycles. The molecule has 8 atom stereocenters. The Labute approximate surface area is 459 Å². The molecule has 0 aromatic carbocycles. The Balaban J connectivity index is 2.66. The molecule has 1 rings (SSSR count). The number of ether oxygens (including phenoxy) is 3. The number of amides is 1. The number of aliphatic hydroxyl groups is 5. The van der Waals surface area contributed by atoms with Gasteiger partial charge in [-0.2, -0.15) is 0 Å². The average Bonchev–Trinajstić information content (AvgIpc) is 3.41. The summed E-state index contributed by atoms with van der Waals surface area (Å²) in [5.41, 5.74) is 0. The molecule has 1 amide bonds. The van der Waals surface area contributed by atoms with Gasteiger partial charge in [-0.05, 0) is 44.9 Å². The second kappa shape index (κ2) is 52.3. The van der Waals surface area contributed by atoms with Crippen molar-refractivity contribution >= 4 is 11.9 Å². The Morgan fingerprint density at radius 3 is 1.43 bits per heavy atom. The summed E-state index contributed by atoms with van der Waals surface area (Å²) in [6, 6.07) is -1.03. The van der Waals surface area contributed by atoms with Crippen LogP contribution in [0.15, 0.2) is 48.6 Å². The molecular weight excluding hydrogens is 943 g/mol. The molecule has 75 heavy (non-hydrogen) atoms. The molecule has 0 radical (unpaired) electrons. The van der Waals surface area contributed by atoms with Gasteiger partial charge in [-0.1, -0.05) is 281 Å². The van der Waals surface area contributed by atoms with Crippen molar-refractivity contribution in [3.63, 3.8) is 0 Å². The van der Waals surface area contributed by atoms with Crippen LogP contribution in [0.4, 0.5) is 0 Å². The van der Waals surface area contributed by atoms with Crippen molar-refractivity contribution in [2.24, 2.45) is 0 Å². The fraction of sp³-hybridized carbons (Fsp3) is 0.844. The first kappa shape index (κ1) is 70.6. The summed E-state index contributed by atoms with van der Waals surface area (Å²) in [5.74, 6) is -1.21. The molecule has 0 bridgehead atoms. The highest BCUT2D eigenvalue weighted by Crippen LogP contribution is 2.26. The van der Waals surface area contributed by atoms with E-state index in [9.17, 15) is 35.1 Å². The molecule has 0 aliphatic carbocycles. The monoisotopic (exact) mass is 1060 g/mol. The predicted molar refractivity (Wildman–Crippen MR) is 310 cm³/mol. The molecule has 1 heterocycles. The molecule has 0 spiro atoms. The smallest absolute Gasteiger partial charge is 0.306 e. The summed E-state index contributed by atoms with van der Waals surface area (Å²) in [6.07, 6.45) is 53.0. The highest BCUT2D eigenvalue weighted by atomic mass is 16.7. The number of carbonyl (C=O) groups excluding carboxylic acids is 2. The van der Waals surface area contributed by atoms with Crippen LogP contribution in [-0.4, -0.2) is 99.6 Å². The third-order valence-corrected chi connectivity index (χ3v) is 14.8. The summed E-state index contributed by atoms with van der Waals surface area (Å²) in [4.78, 5) is 26.5. The van der Waals surface area contributed by atoms with E-state index in [-0.39, 0.29) is 13.0 Å². The Morgan fingerprint density at radius 1 is 0.533 bits per heavy atom. The summed E-state index contributed by atoms with van der Waals surface area (Å²) in [5, 5.41) is 57.0. The number of hydrogen-bond acceptors (Lipinski definition) is 10. The number of allylic oxidation sites excluding steroid dienone is 7. The second-order valence-electron chi connectivity index (χ2n) is 21.8. The maximum absolute atomic E-state index is 13.4. The standard InChI is InChI=1S/C64H117NO10/c1-4-7-10-13-16-19-22-25-26-27-28-29-30-31-34-36-39-42-45-48-51-57(68)63(72)65-55(56(67)50-47-44-41-38-35-32-23-20-17-14-11-8-5-2)54-73-64-62(61(71)60(70)58(53-66)74-64)75-59(69)52-49-46-43-40-37-33-24-21-18-15-12-9-6-3/h9,12,15,18,21,24,47,50,55-58,60-62,64,66-68,70-71H,4-8,10-11,13-14,16-17,19-20,22-23,25-46,48-49,51-54H2,1-3H3,(H,65,72)/b12-9+,18-15+,24-21-,50-47+. The van der Waals surface area contributed by atoms with E-state index < -0.39 is 67.4 Å². The lowest BCUT2D eigenvalue weighted by Crippen LogP contribution is -2.61. The molecule has 11 heteroatoms. The van der Waals surface area contributed by atoms with Gasteiger partial charge in [-0.3, -0.25) is 9.59 Å². The van der Waals surface area contributed by atoms with Gasteiger partial charge in [0.25, 0.3) is 0 Å². The highest BCUT2D eigenvalue weighted by molar-refractivity contribution is 5.80. The molecule has 438 valence electrons. The SMILES string of the molecule is CC/C=C/C=C/C=C\CCCCCCCC(=O)OC1C(OCC(NC(=O)C(O)CCCCCCCCCCCCCCCCCCCCCC)C(O)/C=C/CCCCCCCCCCCCC)OC(CO)C(O)C1O. The molecule has 6 N–H and O–H groups in total. The van der Waals surface area contributed by atoms with E-state index in [2.05, 4.69) is 44.3 Å². The van der Waals surface area contributed by atoms with E-state index in [1.807, 2.05) is 24.3 Å². The molecule has 1 saturated heterocycles. The maximum atomic E-state index is 13.4. The minimum absolute atomic E-state index is 0.101.